The number of hydrogen-bond acceptors (Lipinski definition) is 4. The van der Waals surface area contributed by atoms with Crippen molar-refractivity contribution in [2.75, 3.05) is 7.11 Å². The van der Waals surface area contributed by atoms with Crippen molar-refractivity contribution in [3.8, 4) is 5.75 Å². The van der Waals surface area contributed by atoms with Crippen LogP contribution in [0.2, 0.25) is 0 Å². The molecule has 0 aliphatic heterocycles. The van der Waals surface area contributed by atoms with E-state index in [4.69, 9.17) is 9.84 Å². The molecule has 0 heterocycles. The van der Waals surface area contributed by atoms with Gasteiger partial charge in [-0.05, 0) is 71.3 Å². The van der Waals surface area contributed by atoms with E-state index in [0.717, 1.165) is 46.9 Å². The second kappa shape index (κ2) is 10.7. The zero-order chi connectivity index (χ0) is 24.1. The predicted octanol–water partition coefficient (Wildman–Crippen LogP) is 5.23. The molecule has 1 fully saturated rings. The van der Waals surface area contributed by atoms with Crippen molar-refractivity contribution < 1.29 is 24.5 Å². The van der Waals surface area contributed by atoms with Gasteiger partial charge >= 0.3 is 5.97 Å². The molecule has 1 saturated carbocycles. The summed E-state index contributed by atoms with van der Waals surface area (Å²) < 4.78 is 5.31. The molecular formula is C29H30O5. The number of allylic oxidation sites excluding steroid dienone is 1. The SMILES string of the molecule is COc1ccc2ccc(CC(O)C=CC3CCC(=O)C3CCc3ccc(C(=O)O)cc3)cc2c1. The lowest BCUT2D eigenvalue weighted by molar-refractivity contribution is -0.121. The second-order valence-electron chi connectivity index (χ2n) is 9.02. The number of Topliss-reactive ketones (excluding diaryl/α,β-unsaturated/α-hetero) is 1. The minimum atomic E-state index is -0.940. The van der Waals surface area contributed by atoms with Gasteiger partial charge in [0, 0.05) is 18.8 Å². The Morgan fingerprint density at radius 2 is 1.79 bits per heavy atom. The van der Waals surface area contributed by atoms with Crippen LogP contribution in [-0.2, 0) is 17.6 Å². The van der Waals surface area contributed by atoms with E-state index in [1.807, 2.05) is 48.6 Å². The Morgan fingerprint density at radius 3 is 2.53 bits per heavy atom. The van der Waals surface area contributed by atoms with Crippen molar-refractivity contribution in [3.05, 3.63) is 89.5 Å². The highest BCUT2D eigenvalue weighted by Crippen LogP contribution is 2.33. The Kier molecular flexibility index (Phi) is 7.43. The number of aliphatic hydroxyl groups excluding tert-OH is 1. The Balaban J connectivity index is 1.36. The zero-order valence-electron chi connectivity index (χ0n) is 19.3. The van der Waals surface area contributed by atoms with Crippen LogP contribution in [0.25, 0.3) is 10.8 Å². The van der Waals surface area contributed by atoms with E-state index < -0.39 is 12.1 Å². The number of hydrogen-bond donors (Lipinski definition) is 2. The highest BCUT2D eigenvalue weighted by atomic mass is 16.5. The largest absolute Gasteiger partial charge is 0.497 e. The van der Waals surface area contributed by atoms with Crippen LogP contribution in [0.4, 0.5) is 0 Å². The van der Waals surface area contributed by atoms with Crippen molar-refractivity contribution >= 4 is 22.5 Å². The molecule has 0 amide bonds. The average molecular weight is 459 g/mol. The molecule has 1 aliphatic carbocycles. The fourth-order valence-corrected chi connectivity index (χ4v) is 4.78. The minimum Gasteiger partial charge on any atom is -0.497 e. The van der Waals surface area contributed by atoms with E-state index in [-0.39, 0.29) is 23.2 Å². The molecule has 5 heteroatoms. The number of ketones is 1. The van der Waals surface area contributed by atoms with Gasteiger partial charge in [0.15, 0.2) is 0 Å². The molecule has 0 saturated heterocycles. The lowest BCUT2D eigenvalue weighted by Gasteiger charge is -2.16. The summed E-state index contributed by atoms with van der Waals surface area (Å²) in [5, 5.41) is 21.9. The maximum absolute atomic E-state index is 12.5. The number of carbonyl (C=O) groups excluding carboxylic acids is 1. The minimum absolute atomic E-state index is 0.0595. The summed E-state index contributed by atoms with van der Waals surface area (Å²) in [5.41, 5.74) is 2.34. The van der Waals surface area contributed by atoms with Crippen LogP contribution >= 0.6 is 0 Å². The molecule has 3 unspecified atom stereocenters. The number of fused-ring (bicyclic) bond motifs is 1. The van der Waals surface area contributed by atoms with Gasteiger partial charge in [0.25, 0.3) is 0 Å². The maximum atomic E-state index is 12.5. The second-order valence-corrected chi connectivity index (χ2v) is 9.02. The highest BCUT2D eigenvalue weighted by Gasteiger charge is 2.32. The number of benzene rings is 3. The van der Waals surface area contributed by atoms with Crippen molar-refractivity contribution in [2.45, 2.75) is 38.2 Å². The fourth-order valence-electron chi connectivity index (χ4n) is 4.78. The summed E-state index contributed by atoms with van der Waals surface area (Å²) in [6.07, 6.45) is 6.55. The average Bonchev–Trinajstić information content (AvgIpc) is 3.20. The van der Waals surface area contributed by atoms with E-state index >= 15 is 0 Å². The summed E-state index contributed by atoms with van der Waals surface area (Å²) in [4.78, 5) is 23.5. The topological polar surface area (TPSA) is 83.8 Å². The highest BCUT2D eigenvalue weighted by molar-refractivity contribution is 5.87. The van der Waals surface area contributed by atoms with Crippen molar-refractivity contribution in [1.82, 2.24) is 0 Å². The van der Waals surface area contributed by atoms with Gasteiger partial charge in [-0.25, -0.2) is 4.79 Å². The van der Waals surface area contributed by atoms with E-state index in [1.165, 1.54) is 0 Å². The first-order valence-corrected chi connectivity index (χ1v) is 11.7. The normalized spacial score (nSPS) is 19.1. The molecule has 5 nitrogen and oxygen atoms in total. The Labute approximate surface area is 199 Å². The molecule has 0 spiro atoms. The lowest BCUT2D eigenvalue weighted by atomic mass is 9.88. The monoisotopic (exact) mass is 458 g/mol. The Morgan fingerprint density at radius 1 is 1.06 bits per heavy atom. The van der Waals surface area contributed by atoms with Crippen molar-refractivity contribution in [2.24, 2.45) is 11.8 Å². The number of aromatic carboxylic acids is 1. The Hall–Kier alpha value is -3.44. The van der Waals surface area contributed by atoms with Gasteiger partial charge in [-0.15, -0.1) is 0 Å². The van der Waals surface area contributed by atoms with Gasteiger partial charge in [0.05, 0.1) is 18.8 Å². The van der Waals surface area contributed by atoms with Gasteiger partial charge in [-0.3, -0.25) is 4.79 Å². The molecule has 1 aliphatic rings. The standard InChI is InChI=1S/C29H30O5/c1-34-26-13-10-21-6-4-20(16-24(21)18-26)17-25(30)12-9-22-11-15-28(31)27(22)14-5-19-2-7-23(8-3-19)29(32)33/h2-4,6-10,12-13,16,18,22,25,27,30H,5,11,14-15,17H2,1H3,(H,32,33). The molecule has 4 rings (SSSR count). The number of rotatable bonds is 9. The van der Waals surface area contributed by atoms with Crippen molar-refractivity contribution in [3.63, 3.8) is 0 Å². The quantitative estimate of drug-likeness (QED) is 0.429. The summed E-state index contributed by atoms with van der Waals surface area (Å²) >= 11 is 0. The number of ether oxygens (including phenoxy) is 1. The summed E-state index contributed by atoms with van der Waals surface area (Å²) in [7, 11) is 1.65. The van der Waals surface area contributed by atoms with E-state index in [2.05, 4.69) is 12.1 Å². The molecule has 0 radical (unpaired) electrons. The van der Waals surface area contributed by atoms with Gasteiger partial charge in [-0.1, -0.05) is 48.6 Å². The third-order valence-electron chi connectivity index (χ3n) is 6.74. The molecule has 176 valence electrons. The molecule has 3 aromatic rings. The van der Waals surface area contributed by atoms with Gasteiger partial charge in [0.2, 0.25) is 0 Å². The van der Waals surface area contributed by atoms with Gasteiger partial charge < -0.3 is 14.9 Å². The van der Waals surface area contributed by atoms with Crippen LogP contribution in [0.15, 0.2) is 72.8 Å². The van der Waals surface area contributed by atoms with E-state index in [9.17, 15) is 14.7 Å². The van der Waals surface area contributed by atoms with Crippen LogP contribution in [0, 0.1) is 11.8 Å². The summed E-state index contributed by atoms with van der Waals surface area (Å²) in [5.74, 6) is 0.205. The molecule has 34 heavy (non-hydrogen) atoms. The van der Waals surface area contributed by atoms with Crippen LogP contribution < -0.4 is 4.74 Å². The lowest BCUT2D eigenvalue weighted by Crippen LogP contribution is -2.15. The van der Waals surface area contributed by atoms with E-state index in [1.54, 1.807) is 19.2 Å². The molecule has 0 aromatic heterocycles. The number of carboxylic acids is 1. The Bertz CT molecular complexity index is 1190. The zero-order valence-corrected chi connectivity index (χ0v) is 19.3. The molecule has 3 atom stereocenters. The number of carboxylic acid groups (broad SMARTS) is 1. The predicted molar refractivity (Wildman–Crippen MR) is 132 cm³/mol. The third kappa shape index (κ3) is 5.72. The van der Waals surface area contributed by atoms with Crippen LogP contribution in [0.5, 0.6) is 5.75 Å². The number of methoxy groups -OCH3 is 1. The fraction of sp³-hybridized carbons (Fsp3) is 0.310. The maximum Gasteiger partial charge on any atom is 0.335 e. The number of aryl methyl sites for hydroxylation is 1. The molecule has 2 N–H and O–H groups in total. The smallest absolute Gasteiger partial charge is 0.335 e. The molecule has 3 aromatic carbocycles. The summed E-state index contributed by atoms with van der Waals surface area (Å²) in [6, 6.07) is 18.9. The first-order chi connectivity index (χ1) is 16.4. The van der Waals surface area contributed by atoms with Crippen LogP contribution in [0.1, 0.15) is 40.7 Å². The molecule has 0 bridgehead atoms. The van der Waals surface area contributed by atoms with Gasteiger partial charge in [-0.2, -0.15) is 0 Å². The summed E-state index contributed by atoms with van der Waals surface area (Å²) in [6.45, 7) is 0. The first kappa shape index (κ1) is 23.7. The molecular weight excluding hydrogens is 428 g/mol. The van der Waals surface area contributed by atoms with Crippen LogP contribution in [-0.4, -0.2) is 35.2 Å². The van der Waals surface area contributed by atoms with Gasteiger partial charge in [0.1, 0.15) is 11.5 Å². The van der Waals surface area contributed by atoms with Crippen molar-refractivity contribution in [1.29, 1.82) is 0 Å². The van der Waals surface area contributed by atoms with Crippen LogP contribution in [0.3, 0.4) is 0 Å². The third-order valence-corrected chi connectivity index (χ3v) is 6.74. The number of carbonyl (C=O) groups is 2. The first-order valence-electron chi connectivity index (χ1n) is 11.7. The number of aliphatic hydroxyl groups is 1. The van der Waals surface area contributed by atoms with E-state index in [0.29, 0.717) is 12.8 Å².